The van der Waals surface area contributed by atoms with Crippen molar-refractivity contribution in [2.45, 2.75) is 25.3 Å². The smallest absolute Gasteiger partial charge is 0.329 e. The van der Waals surface area contributed by atoms with Gasteiger partial charge < -0.3 is 15.2 Å². The summed E-state index contributed by atoms with van der Waals surface area (Å²) in [5.41, 5.74) is -0.740. The number of carboxylic acids is 1. The molecule has 0 aromatic carbocycles. The van der Waals surface area contributed by atoms with E-state index in [2.05, 4.69) is 14.9 Å². The molecular formula is C10H13N3O4S. The van der Waals surface area contributed by atoms with E-state index in [0.29, 0.717) is 23.8 Å². The normalized spacial score (nSPS) is 18.3. The van der Waals surface area contributed by atoms with Gasteiger partial charge in [0.25, 0.3) is 5.91 Å². The van der Waals surface area contributed by atoms with Crippen LogP contribution in [0.1, 0.15) is 28.2 Å². The molecular weight excluding hydrogens is 258 g/mol. The maximum Gasteiger partial charge on any atom is 0.329 e. The summed E-state index contributed by atoms with van der Waals surface area (Å²) in [4.78, 5) is 23.7. The standard InChI is InChI=1S/C10H13N3O4S/c1-6-7(18-13-12-6)8(14)11-10(9(15)16)2-4-17-5-3-10/h2-5H2,1H3,(H,11,14)(H,15,16). The summed E-state index contributed by atoms with van der Waals surface area (Å²) in [5.74, 6) is -1.47. The minimum absolute atomic E-state index is 0.263. The van der Waals surface area contributed by atoms with Crippen molar-refractivity contribution < 1.29 is 19.4 Å². The van der Waals surface area contributed by atoms with Gasteiger partial charge in [0.15, 0.2) is 0 Å². The first-order valence-electron chi connectivity index (χ1n) is 5.48. The maximum absolute atomic E-state index is 12.0. The van der Waals surface area contributed by atoms with E-state index in [1.807, 2.05) is 0 Å². The highest BCUT2D eigenvalue weighted by Crippen LogP contribution is 2.22. The van der Waals surface area contributed by atoms with E-state index in [-0.39, 0.29) is 12.8 Å². The molecule has 0 atom stereocenters. The lowest BCUT2D eigenvalue weighted by atomic mass is 9.90. The molecule has 7 nitrogen and oxygen atoms in total. The Bertz CT molecular complexity index is 467. The van der Waals surface area contributed by atoms with Crippen LogP contribution in [0.3, 0.4) is 0 Å². The van der Waals surface area contributed by atoms with Crippen molar-refractivity contribution in [1.82, 2.24) is 14.9 Å². The van der Waals surface area contributed by atoms with Crippen LogP contribution in [-0.4, -0.2) is 45.3 Å². The average Bonchev–Trinajstić information content (AvgIpc) is 2.76. The molecule has 2 N–H and O–H groups in total. The maximum atomic E-state index is 12.0. The number of carbonyl (C=O) groups is 2. The van der Waals surface area contributed by atoms with Crippen LogP contribution in [-0.2, 0) is 9.53 Å². The Morgan fingerprint density at radius 2 is 2.11 bits per heavy atom. The van der Waals surface area contributed by atoms with E-state index < -0.39 is 17.4 Å². The number of nitrogens with zero attached hydrogens (tertiary/aromatic N) is 2. The van der Waals surface area contributed by atoms with Crippen molar-refractivity contribution in [2.75, 3.05) is 13.2 Å². The highest BCUT2D eigenvalue weighted by Gasteiger charge is 2.42. The highest BCUT2D eigenvalue weighted by molar-refractivity contribution is 7.08. The summed E-state index contributed by atoms with van der Waals surface area (Å²) in [6.45, 7) is 2.31. The molecule has 1 saturated heterocycles. The lowest BCUT2D eigenvalue weighted by molar-refractivity contribution is -0.148. The zero-order valence-corrected chi connectivity index (χ0v) is 10.6. The molecule has 2 rings (SSSR count). The monoisotopic (exact) mass is 271 g/mol. The van der Waals surface area contributed by atoms with Crippen LogP contribution >= 0.6 is 11.5 Å². The van der Waals surface area contributed by atoms with Crippen LogP contribution in [0.25, 0.3) is 0 Å². The molecule has 1 aliphatic heterocycles. The van der Waals surface area contributed by atoms with Gasteiger partial charge in [0, 0.05) is 26.1 Å². The Balaban J connectivity index is 2.17. The molecule has 1 aromatic rings. The predicted molar refractivity (Wildman–Crippen MR) is 62.5 cm³/mol. The fourth-order valence-electron chi connectivity index (χ4n) is 1.83. The van der Waals surface area contributed by atoms with Crippen LogP contribution in [0.2, 0.25) is 0 Å². The number of nitrogens with one attached hydrogen (secondary N) is 1. The van der Waals surface area contributed by atoms with Crippen LogP contribution < -0.4 is 5.32 Å². The molecule has 1 aromatic heterocycles. The number of aryl methyl sites for hydroxylation is 1. The number of carboxylic acid groups (broad SMARTS) is 1. The van der Waals surface area contributed by atoms with Crippen molar-refractivity contribution in [1.29, 1.82) is 0 Å². The van der Waals surface area contributed by atoms with Gasteiger partial charge in [0.1, 0.15) is 10.4 Å². The zero-order chi connectivity index (χ0) is 13.2. The molecule has 1 aliphatic rings. The van der Waals surface area contributed by atoms with E-state index in [1.54, 1.807) is 6.92 Å². The summed E-state index contributed by atoms with van der Waals surface area (Å²) in [6, 6.07) is 0. The third kappa shape index (κ3) is 2.34. The molecule has 1 fully saturated rings. The van der Waals surface area contributed by atoms with Crippen molar-refractivity contribution in [3.63, 3.8) is 0 Å². The van der Waals surface area contributed by atoms with E-state index in [0.717, 1.165) is 11.5 Å². The predicted octanol–water partition coefficient (Wildman–Crippen LogP) is 0.210. The fourth-order valence-corrected chi connectivity index (χ4v) is 2.38. The van der Waals surface area contributed by atoms with Crippen molar-refractivity contribution in [2.24, 2.45) is 0 Å². The van der Waals surface area contributed by atoms with Gasteiger partial charge in [-0.3, -0.25) is 4.79 Å². The second-order valence-electron chi connectivity index (χ2n) is 4.14. The van der Waals surface area contributed by atoms with Gasteiger partial charge in [0.05, 0.1) is 5.69 Å². The summed E-state index contributed by atoms with van der Waals surface area (Å²) in [6.07, 6.45) is 0.526. The van der Waals surface area contributed by atoms with Gasteiger partial charge in [0.2, 0.25) is 0 Å². The lowest BCUT2D eigenvalue weighted by Gasteiger charge is -2.33. The zero-order valence-electron chi connectivity index (χ0n) is 9.80. The molecule has 0 aliphatic carbocycles. The third-order valence-electron chi connectivity index (χ3n) is 2.97. The minimum Gasteiger partial charge on any atom is -0.480 e. The Morgan fingerprint density at radius 3 is 2.61 bits per heavy atom. The van der Waals surface area contributed by atoms with E-state index in [1.165, 1.54) is 0 Å². The number of hydrogen-bond donors (Lipinski definition) is 2. The van der Waals surface area contributed by atoms with Gasteiger partial charge in [-0.25, -0.2) is 4.79 Å². The topological polar surface area (TPSA) is 101 Å². The molecule has 0 saturated carbocycles. The van der Waals surface area contributed by atoms with Crippen molar-refractivity contribution >= 4 is 23.4 Å². The van der Waals surface area contributed by atoms with E-state index in [4.69, 9.17) is 4.74 Å². The second kappa shape index (κ2) is 4.99. The molecule has 0 spiro atoms. The molecule has 18 heavy (non-hydrogen) atoms. The van der Waals surface area contributed by atoms with E-state index >= 15 is 0 Å². The number of rotatable bonds is 3. The number of amides is 1. The number of hydrogen-bond acceptors (Lipinski definition) is 6. The molecule has 0 radical (unpaired) electrons. The number of aliphatic carboxylic acids is 1. The molecule has 98 valence electrons. The summed E-state index contributed by atoms with van der Waals surface area (Å²) in [7, 11) is 0. The first kappa shape index (κ1) is 12.9. The van der Waals surface area contributed by atoms with Crippen LogP contribution in [0.15, 0.2) is 0 Å². The Labute approximate surface area is 107 Å². The van der Waals surface area contributed by atoms with Crippen molar-refractivity contribution in [3.8, 4) is 0 Å². The summed E-state index contributed by atoms with van der Waals surface area (Å²) < 4.78 is 8.80. The second-order valence-corrected chi connectivity index (χ2v) is 4.90. The summed E-state index contributed by atoms with van der Waals surface area (Å²) in [5, 5.41) is 15.6. The third-order valence-corrected chi connectivity index (χ3v) is 3.79. The van der Waals surface area contributed by atoms with Crippen LogP contribution in [0, 0.1) is 6.92 Å². The molecule has 1 amide bonds. The quantitative estimate of drug-likeness (QED) is 0.815. The fraction of sp³-hybridized carbons (Fsp3) is 0.600. The van der Waals surface area contributed by atoms with Crippen LogP contribution in [0.5, 0.6) is 0 Å². The number of carbonyl (C=O) groups excluding carboxylic acids is 1. The van der Waals surface area contributed by atoms with Crippen molar-refractivity contribution in [3.05, 3.63) is 10.6 Å². The van der Waals surface area contributed by atoms with Crippen LogP contribution in [0.4, 0.5) is 0 Å². The summed E-state index contributed by atoms with van der Waals surface area (Å²) >= 11 is 0.959. The van der Waals surface area contributed by atoms with Gasteiger partial charge in [-0.05, 0) is 18.5 Å². The van der Waals surface area contributed by atoms with Gasteiger partial charge in [-0.2, -0.15) is 0 Å². The van der Waals surface area contributed by atoms with Gasteiger partial charge in [-0.15, -0.1) is 5.10 Å². The first-order chi connectivity index (χ1) is 8.55. The lowest BCUT2D eigenvalue weighted by Crippen LogP contribution is -2.57. The Hall–Kier alpha value is -1.54. The average molecular weight is 271 g/mol. The van der Waals surface area contributed by atoms with Gasteiger partial charge >= 0.3 is 5.97 Å². The molecule has 8 heteroatoms. The molecule has 0 bridgehead atoms. The first-order valence-corrected chi connectivity index (χ1v) is 6.25. The Morgan fingerprint density at radius 1 is 1.44 bits per heavy atom. The minimum atomic E-state index is -1.24. The molecule has 0 unspecified atom stereocenters. The Kier molecular flexibility index (Phi) is 3.58. The number of ether oxygens (including phenoxy) is 1. The number of aromatic nitrogens is 2. The molecule has 2 heterocycles. The SMILES string of the molecule is Cc1nnsc1C(=O)NC1(C(=O)O)CCOCC1. The van der Waals surface area contributed by atoms with Gasteiger partial charge in [-0.1, -0.05) is 4.49 Å². The largest absolute Gasteiger partial charge is 0.480 e. The highest BCUT2D eigenvalue weighted by atomic mass is 32.1. The van der Waals surface area contributed by atoms with E-state index in [9.17, 15) is 14.7 Å².